The van der Waals surface area contributed by atoms with Crippen molar-refractivity contribution < 1.29 is 0 Å². The Bertz CT molecular complexity index is 586. The highest BCUT2D eigenvalue weighted by atomic mass is 35.5. The summed E-state index contributed by atoms with van der Waals surface area (Å²) < 4.78 is 0. The van der Waals surface area contributed by atoms with E-state index in [-0.39, 0.29) is 0 Å². The Labute approximate surface area is 113 Å². The van der Waals surface area contributed by atoms with Crippen LogP contribution in [0.5, 0.6) is 0 Å². The van der Waals surface area contributed by atoms with Crippen molar-refractivity contribution in [3.8, 4) is 0 Å². The summed E-state index contributed by atoms with van der Waals surface area (Å²) in [6.45, 7) is 9.33. The predicted octanol–water partition coefficient (Wildman–Crippen LogP) is 4.64. The standard InChI is InChI=1S/C15H19ClN2/c1-5-6-17-15-10(3)11(4)18-14-8-13(16)9(2)7-12(14)15/h7-8H,5-6H2,1-4H3,(H,17,18). The Morgan fingerprint density at radius 3 is 2.61 bits per heavy atom. The molecule has 3 heteroatoms. The van der Waals surface area contributed by atoms with Crippen LogP contribution in [0.25, 0.3) is 10.9 Å². The van der Waals surface area contributed by atoms with Gasteiger partial charge in [0.2, 0.25) is 0 Å². The number of nitrogens with one attached hydrogen (secondary N) is 1. The summed E-state index contributed by atoms with van der Waals surface area (Å²) in [5, 5.41) is 5.45. The highest BCUT2D eigenvalue weighted by Gasteiger charge is 2.10. The van der Waals surface area contributed by atoms with Gasteiger partial charge in [-0.25, -0.2) is 0 Å². The first-order valence-corrected chi connectivity index (χ1v) is 6.73. The fourth-order valence-corrected chi connectivity index (χ4v) is 2.25. The lowest BCUT2D eigenvalue weighted by atomic mass is 10.0. The van der Waals surface area contributed by atoms with Gasteiger partial charge in [0.05, 0.1) is 5.52 Å². The van der Waals surface area contributed by atoms with Crippen LogP contribution in [0.3, 0.4) is 0 Å². The number of hydrogen-bond acceptors (Lipinski definition) is 2. The highest BCUT2D eigenvalue weighted by Crippen LogP contribution is 2.31. The molecule has 96 valence electrons. The van der Waals surface area contributed by atoms with Gasteiger partial charge in [0, 0.05) is 28.3 Å². The van der Waals surface area contributed by atoms with Crippen molar-refractivity contribution in [2.45, 2.75) is 34.1 Å². The second kappa shape index (κ2) is 5.15. The van der Waals surface area contributed by atoms with Crippen LogP contribution in [0.1, 0.15) is 30.2 Å². The number of fused-ring (bicyclic) bond motifs is 1. The van der Waals surface area contributed by atoms with E-state index < -0.39 is 0 Å². The number of benzene rings is 1. The molecule has 0 amide bonds. The zero-order valence-corrected chi connectivity index (χ0v) is 12.2. The summed E-state index contributed by atoms with van der Waals surface area (Å²) in [5.41, 5.74) is 5.53. The minimum absolute atomic E-state index is 0.777. The van der Waals surface area contributed by atoms with Gasteiger partial charge < -0.3 is 5.32 Å². The first kappa shape index (κ1) is 13.2. The maximum atomic E-state index is 6.18. The molecule has 2 nitrogen and oxygen atoms in total. The molecule has 0 aliphatic heterocycles. The number of aryl methyl sites for hydroxylation is 2. The van der Waals surface area contributed by atoms with Crippen molar-refractivity contribution in [3.05, 3.63) is 34.0 Å². The third-order valence-corrected chi connectivity index (χ3v) is 3.71. The van der Waals surface area contributed by atoms with Crippen LogP contribution in [0.4, 0.5) is 5.69 Å². The average molecular weight is 263 g/mol. The molecule has 0 aliphatic rings. The molecule has 0 saturated heterocycles. The SMILES string of the molecule is CCCNc1c(C)c(C)nc2cc(Cl)c(C)cc12. The van der Waals surface area contributed by atoms with Crippen LogP contribution in [-0.4, -0.2) is 11.5 Å². The number of halogens is 1. The Balaban J connectivity index is 2.71. The first-order chi connectivity index (χ1) is 8.54. The predicted molar refractivity (Wildman–Crippen MR) is 79.7 cm³/mol. The number of rotatable bonds is 3. The van der Waals surface area contributed by atoms with E-state index >= 15 is 0 Å². The molecule has 2 rings (SSSR count). The van der Waals surface area contributed by atoms with Crippen molar-refractivity contribution in [2.75, 3.05) is 11.9 Å². The lowest BCUT2D eigenvalue weighted by Crippen LogP contribution is -2.05. The van der Waals surface area contributed by atoms with Crippen LogP contribution in [0.2, 0.25) is 5.02 Å². The molecule has 0 radical (unpaired) electrons. The molecular weight excluding hydrogens is 244 g/mol. The van der Waals surface area contributed by atoms with E-state index in [2.05, 4.69) is 30.2 Å². The van der Waals surface area contributed by atoms with Gasteiger partial charge in [0.15, 0.2) is 0 Å². The van der Waals surface area contributed by atoms with Crippen LogP contribution in [0, 0.1) is 20.8 Å². The van der Waals surface area contributed by atoms with Gasteiger partial charge >= 0.3 is 0 Å². The van der Waals surface area contributed by atoms with E-state index in [0.29, 0.717) is 0 Å². The molecule has 0 bridgehead atoms. The maximum Gasteiger partial charge on any atom is 0.0741 e. The fourth-order valence-electron chi connectivity index (χ4n) is 2.09. The van der Waals surface area contributed by atoms with Crippen LogP contribution in [0.15, 0.2) is 12.1 Å². The first-order valence-electron chi connectivity index (χ1n) is 6.35. The summed E-state index contributed by atoms with van der Waals surface area (Å²) in [6.07, 6.45) is 1.11. The van der Waals surface area contributed by atoms with Gasteiger partial charge in [0.1, 0.15) is 0 Å². The minimum Gasteiger partial charge on any atom is -0.384 e. The van der Waals surface area contributed by atoms with E-state index in [1.807, 2.05) is 19.9 Å². The smallest absolute Gasteiger partial charge is 0.0741 e. The van der Waals surface area contributed by atoms with Crippen molar-refractivity contribution in [1.29, 1.82) is 0 Å². The topological polar surface area (TPSA) is 24.9 Å². The average Bonchev–Trinajstić information content (AvgIpc) is 2.33. The second-order valence-electron chi connectivity index (χ2n) is 4.74. The molecule has 0 atom stereocenters. The molecule has 18 heavy (non-hydrogen) atoms. The van der Waals surface area contributed by atoms with Gasteiger partial charge in [-0.1, -0.05) is 18.5 Å². The molecule has 0 unspecified atom stereocenters. The van der Waals surface area contributed by atoms with Gasteiger partial charge in [-0.15, -0.1) is 0 Å². The van der Waals surface area contributed by atoms with Gasteiger partial charge in [0.25, 0.3) is 0 Å². The number of aromatic nitrogens is 1. The largest absolute Gasteiger partial charge is 0.384 e. The van der Waals surface area contributed by atoms with Crippen LogP contribution in [-0.2, 0) is 0 Å². The fraction of sp³-hybridized carbons (Fsp3) is 0.400. The van der Waals surface area contributed by atoms with Gasteiger partial charge in [-0.3, -0.25) is 4.98 Å². The minimum atomic E-state index is 0.777. The third kappa shape index (κ3) is 2.30. The Hall–Kier alpha value is -1.28. The number of anilines is 1. The van der Waals surface area contributed by atoms with Crippen LogP contribution >= 0.6 is 11.6 Å². The normalized spacial score (nSPS) is 10.9. The summed E-state index contributed by atoms with van der Waals surface area (Å²) in [6, 6.07) is 4.07. The summed E-state index contributed by atoms with van der Waals surface area (Å²) in [5.74, 6) is 0. The van der Waals surface area contributed by atoms with Crippen molar-refractivity contribution >= 4 is 28.2 Å². The molecule has 1 aromatic heterocycles. The monoisotopic (exact) mass is 262 g/mol. The molecule has 0 spiro atoms. The molecule has 0 fully saturated rings. The number of hydrogen-bond donors (Lipinski definition) is 1. The Morgan fingerprint density at radius 1 is 1.22 bits per heavy atom. The summed E-state index contributed by atoms with van der Waals surface area (Å²) in [4.78, 5) is 4.62. The quantitative estimate of drug-likeness (QED) is 0.872. The molecular formula is C15H19ClN2. The van der Waals surface area contributed by atoms with Crippen molar-refractivity contribution in [2.24, 2.45) is 0 Å². The molecule has 1 N–H and O–H groups in total. The van der Waals surface area contributed by atoms with E-state index in [0.717, 1.165) is 40.1 Å². The van der Waals surface area contributed by atoms with E-state index in [1.54, 1.807) is 0 Å². The number of pyridine rings is 1. The summed E-state index contributed by atoms with van der Waals surface area (Å²) in [7, 11) is 0. The summed E-state index contributed by atoms with van der Waals surface area (Å²) >= 11 is 6.18. The zero-order chi connectivity index (χ0) is 13.3. The van der Waals surface area contributed by atoms with E-state index in [9.17, 15) is 0 Å². The third-order valence-electron chi connectivity index (χ3n) is 3.30. The maximum absolute atomic E-state index is 6.18. The highest BCUT2D eigenvalue weighted by molar-refractivity contribution is 6.32. The molecule has 1 heterocycles. The van der Waals surface area contributed by atoms with Gasteiger partial charge in [-0.2, -0.15) is 0 Å². The number of nitrogens with zero attached hydrogens (tertiary/aromatic N) is 1. The van der Waals surface area contributed by atoms with E-state index in [1.165, 1.54) is 11.3 Å². The molecule has 2 aromatic rings. The Kier molecular flexibility index (Phi) is 3.76. The van der Waals surface area contributed by atoms with Gasteiger partial charge in [-0.05, 0) is 50.5 Å². The second-order valence-corrected chi connectivity index (χ2v) is 5.15. The van der Waals surface area contributed by atoms with Crippen molar-refractivity contribution in [3.63, 3.8) is 0 Å². The zero-order valence-electron chi connectivity index (χ0n) is 11.4. The molecule has 0 saturated carbocycles. The lowest BCUT2D eigenvalue weighted by Gasteiger charge is -2.15. The van der Waals surface area contributed by atoms with Crippen molar-refractivity contribution in [1.82, 2.24) is 4.98 Å². The molecule has 0 aliphatic carbocycles. The van der Waals surface area contributed by atoms with Crippen LogP contribution < -0.4 is 5.32 Å². The molecule has 1 aromatic carbocycles. The Morgan fingerprint density at radius 2 is 1.94 bits per heavy atom. The van der Waals surface area contributed by atoms with E-state index in [4.69, 9.17) is 11.6 Å². The lowest BCUT2D eigenvalue weighted by molar-refractivity contribution is 0.977.